The van der Waals surface area contributed by atoms with E-state index in [4.69, 9.17) is 11.6 Å². The van der Waals surface area contributed by atoms with Gasteiger partial charge in [-0.3, -0.25) is 9.20 Å². The summed E-state index contributed by atoms with van der Waals surface area (Å²) in [5, 5.41) is 14.9. The van der Waals surface area contributed by atoms with E-state index in [1.165, 1.54) is 18.2 Å². The summed E-state index contributed by atoms with van der Waals surface area (Å²) in [6.45, 7) is 0. The smallest absolute Gasteiger partial charge is 0.259 e. The van der Waals surface area contributed by atoms with E-state index in [1.54, 1.807) is 23.5 Å². The molecule has 25 heavy (non-hydrogen) atoms. The van der Waals surface area contributed by atoms with Crippen molar-refractivity contribution in [1.82, 2.24) is 9.38 Å². The summed E-state index contributed by atoms with van der Waals surface area (Å²) in [7, 11) is 0. The maximum absolute atomic E-state index is 12.3. The Bertz CT molecular complexity index is 1040. The lowest BCUT2D eigenvalue weighted by atomic mass is 10.1. The van der Waals surface area contributed by atoms with Crippen LogP contribution in [0, 0.1) is 0 Å². The Morgan fingerprint density at radius 3 is 2.76 bits per heavy atom. The van der Waals surface area contributed by atoms with Crippen LogP contribution in [-0.4, -0.2) is 20.4 Å². The summed E-state index contributed by atoms with van der Waals surface area (Å²) in [4.78, 5) is 17.8. The number of halogens is 1. The summed E-state index contributed by atoms with van der Waals surface area (Å²) < 4.78 is 1.97. The molecule has 4 aromatic rings. The Morgan fingerprint density at radius 2 is 2.00 bits per heavy atom. The van der Waals surface area contributed by atoms with E-state index in [-0.39, 0.29) is 11.3 Å². The van der Waals surface area contributed by atoms with Crippen molar-refractivity contribution in [2.45, 2.75) is 0 Å². The fourth-order valence-corrected chi connectivity index (χ4v) is 3.35. The zero-order chi connectivity index (χ0) is 17.4. The number of phenols is 1. The van der Waals surface area contributed by atoms with Gasteiger partial charge in [0.05, 0.1) is 11.3 Å². The molecule has 2 aromatic heterocycles. The minimum absolute atomic E-state index is 0.114. The number of hydrogen-bond donors (Lipinski definition) is 2. The van der Waals surface area contributed by atoms with Gasteiger partial charge in [0.2, 0.25) is 0 Å². The number of amides is 1. The third kappa shape index (κ3) is 3.09. The van der Waals surface area contributed by atoms with Crippen molar-refractivity contribution < 1.29 is 9.90 Å². The van der Waals surface area contributed by atoms with Gasteiger partial charge in [0.15, 0.2) is 4.96 Å². The molecule has 0 spiro atoms. The van der Waals surface area contributed by atoms with Crippen LogP contribution in [0.5, 0.6) is 5.75 Å². The topological polar surface area (TPSA) is 66.6 Å². The predicted octanol–water partition coefficient (Wildman–Crippen LogP) is 4.67. The number of rotatable bonds is 3. The summed E-state index contributed by atoms with van der Waals surface area (Å²) >= 11 is 7.45. The molecule has 1 amide bonds. The molecule has 0 saturated heterocycles. The number of phenolic OH excluding ortho intramolecular Hbond substituents is 1. The van der Waals surface area contributed by atoms with Gasteiger partial charge in [0.25, 0.3) is 5.91 Å². The molecule has 0 bridgehead atoms. The molecule has 0 aliphatic heterocycles. The molecule has 7 heteroatoms. The molecule has 0 unspecified atom stereocenters. The fourth-order valence-electron chi connectivity index (χ4n) is 2.48. The number of nitrogens with one attached hydrogen (secondary N) is 1. The molecule has 2 N–H and O–H groups in total. The van der Waals surface area contributed by atoms with E-state index in [1.807, 2.05) is 34.3 Å². The molecular formula is C18H12ClN3O2S. The van der Waals surface area contributed by atoms with Crippen molar-refractivity contribution in [1.29, 1.82) is 0 Å². The molecular weight excluding hydrogens is 358 g/mol. The molecule has 0 aliphatic rings. The van der Waals surface area contributed by atoms with E-state index >= 15 is 0 Å². The predicted molar refractivity (Wildman–Crippen MR) is 99.6 cm³/mol. The summed E-state index contributed by atoms with van der Waals surface area (Å²) in [5.41, 5.74) is 2.58. The van der Waals surface area contributed by atoms with Crippen LogP contribution < -0.4 is 5.32 Å². The molecule has 4 rings (SSSR count). The number of aromatic nitrogens is 2. The number of aromatic hydroxyl groups is 1. The van der Waals surface area contributed by atoms with E-state index in [0.29, 0.717) is 10.7 Å². The second-order valence-electron chi connectivity index (χ2n) is 5.41. The van der Waals surface area contributed by atoms with Crippen molar-refractivity contribution >= 4 is 39.5 Å². The molecule has 0 saturated carbocycles. The van der Waals surface area contributed by atoms with Gasteiger partial charge in [-0.25, -0.2) is 4.98 Å². The molecule has 2 heterocycles. The van der Waals surface area contributed by atoms with Gasteiger partial charge in [-0.2, -0.15) is 0 Å². The maximum atomic E-state index is 12.3. The SMILES string of the molecule is O=C(Nc1ccc(-c2cn3ccsc3n2)cc1)c1cc(Cl)ccc1O. The standard InChI is InChI=1S/C18H12ClN3O2S/c19-12-3-6-16(23)14(9-12)17(24)20-13-4-1-11(2-5-13)15-10-22-7-8-25-18(22)21-15/h1-10,23H,(H,20,24). The molecule has 124 valence electrons. The largest absolute Gasteiger partial charge is 0.507 e. The van der Waals surface area contributed by atoms with E-state index in [0.717, 1.165) is 16.2 Å². The maximum Gasteiger partial charge on any atom is 0.259 e. The molecule has 5 nitrogen and oxygen atoms in total. The lowest BCUT2D eigenvalue weighted by Crippen LogP contribution is -2.12. The van der Waals surface area contributed by atoms with Gasteiger partial charge >= 0.3 is 0 Å². The number of fused-ring (bicyclic) bond motifs is 1. The average Bonchev–Trinajstić information content (AvgIpc) is 3.19. The first-order chi connectivity index (χ1) is 12.1. The molecule has 0 fully saturated rings. The summed E-state index contributed by atoms with van der Waals surface area (Å²) in [5.74, 6) is -0.535. The quantitative estimate of drug-likeness (QED) is 0.551. The van der Waals surface area contributed by atoms with Crippen molar-refractivity contribution in [3.05, 3.63) is 70.8 Å². The number of carbonyl (C=O) groups excluding carboxylic acids is 1. The highest BCUT2D eigenvalue weighted by Gasteiger charge is 2.12. The fraction of sp³-hybridized carbons (Fsp3) is 0. The second kappa shape index (κ2) is 6.23. The monoisotopic (exact) mass is 369 g/mol. The van der Waals surface area contributed by atoms with Gasteiger partial charge < -0.3 is 10.4 Å². The third-order valence-corrected chi connectivity index (χ3v) is 4.74. The number of thiazole rings is 1. The normalized spacial score (nSPS) is 10.9. The van der Waals surface area contributed by atoms with Crippen LogP contribution in [0.3, 0.4) is 0 Å². The van der Waals surface area contributed by atoms with Crippen LogP contribution >= 0.6 is 22.9 Å². The Morgan fingerprint density at radius 1 is 1.20 bits per heavy atom. The van der Waals surface area contributed by atoms with Crippen LogP contribution in [0.15, 0.2) is 60.2 Å². The lowest BCUT2D eigenvalue weighted by molar-refractivity contribution is 0.102. The Labute approximate surface area is 152 Å². The van der Waals surface area contributed by atoms with Gasteiger partial charge in [-0.1, -0.05) is 23.7 Å². The Hall–Kier alpha value is -2.83. The molecule has 2 aromatic carbocycles. The number of hydrogen-bond acceptors (Lipinski definition) is 4. The minimum atomic E-state index is -0.421. The van der Waals surface area contributed by atoms with Crippen LogP contribution in [0.2, 0.25) is 5.02 Å². The summed E-state index contributed by atoms with van der Waals surface area (Å²) in [6, 6.07) is 11.7. The number of anilines is 1. The van der Waals surface area contributed by atoms with Crippen molar-refractivity contribution in [3.8, 4) is 17.0 Å². The van der Waals surface area contributed by atoms with Crippen LogP contribution in [-0.2, 0) is 0 Å². The van der Waals surface area contributed by atoms with Crippen LogP contribution in [0.4, 0.5) is 5.69 Å². The lowest BCUT2D eigenvalue weighted by Gasteiger charge is -2.08. The van der Waals surface area contributed by atoms with Gasteiger partial charge in [-0.15, -0.1) is 11.3 Å². The first-order valence-corrected chi connectivity index (χ1v) is 8.68. The molecule has 0 aliphatic carbocycles. The number of nitrogens with zero attached hydrogens (tertiary/aromatic N) is 2. The average molecular weight is 370 g/mol. The van der Waals surface area contributed by atoms with Crippen molar-refractivity contribution in [2.75, 3.05) is 5.32 Å². The van der Waals surface area contributed by atoms with Gasteiger partial charge in [0.1, 0.15) is 5.75 Å². The number of imidazole rings is 1. The Kier molecular flexibility index (Phi) is 3.91. The van der Waals surface area contributed by atoms with Gasteiger partial charge in [0, 0.05) is 34.0 Å². The zero-order valence-electron chi connectivity index (χ0n) is 12.8. The number of carbonyl (C=O) groups is 1. The minimum Gasteiger partial charge on any atom is -0.507 e. The first-order valence-electron chi connectivity index (χ1n) is 7.43. The van der Waals surface area contributed by atoms with E-state index in [9.17, 15) is 9.90 Å². The van der Waals surface area contributed by atoms with Gasteiger partial charge in [-0.05, 0) is 30.3 Å². The van der Waals surface area contributed by atoms with Crippen LogP contribution in [0.25, 0.3) is 16.2 Å². The zero-order valence-corrected chi connectivity index (χ0v) is 14.4. The molecule has 0 radical (unpaired) electrons. The second-order valence-corrected chi connectivity index (χ2v) is 6.72. The third-order valence-electron chi connectivity index (χ3n) is 3.74. The van der Waals surface area contributed by atoms with Crippen molar-refractivity contribution in [3.63, 3.8) is 0 Å². The van der Waals surface area contributed by atoms with E-state index in [2.05, 4.69) is 10.3 Å². The Balaban J connectivity index is 1.55. The summed E-state index contributed by atoms with van der Waals surface area (Å²) in [6.07, 6.45) is 3.92. The number of benzene rings is 2. The van der Waals surface area contributed by atoms with Crippen LogP contribution in [0.1, 0.15) is 10.4 Å². The molecule has 0 atom stereocenters. The van der Waals surface area contributed by atoms with Crippen molar-refractivity contribution in [2.24, 2.45) is 0 Å². The highest BCUT2D eigenvalue weighted by molar-refractivity contribution is 7.15. The highest BCUT2D eigenvalue weighted by Crippen LogP contribution is 2.25. The highest BCUT2D eigenvalue weighted by atomic mass is 35.5. The first kappa shape index (κ1) is 15.7. The van der Waals surface area contributed by atoms with E-state index < -0.39 is 5.91 Å².